The molecule has 87 heavy (non-hydrogen) atoms. The molecule has 0 bridgehead atoms. The quantitative estimate of drug-likeness (QED) is 0.0306. The van der Waals surface area contributed by atoms with Gasteiger partial charge in [0.1, 0.15) is 24.7 Å². The van der Waals surface area contributed by atoms with E-state index in [1.54, 1.807) is 12.1 Å². The maximum absolute atomic E-state index is 14.2. The molecule has 16 nitrogen and oxygen atoms in total. The minimum absolute atomic E-state index is 0.0651. The van der Waals surface area contributed by atoms with Gasteiger partial charge in [-0.05, 0) is 135 Å². The molecule has 0 aromatic heterocycles. The molecular formula is C69H108N4O12S2. The van der Waals surface area contributed by atoms with Gasteiger partial charge in [0.25, 0.3) is 0 Å². The monoisotopic (exact) mass is 1250 g/mol. The molecule has 0 saturated heterocycles. The molecule has 0 saturated carbocycles. The number of rotatable bonds is 42. The van der Waals surface area contributed by atoms with Crippen molar-refractivity contribution in [3.63, 3.8) is 0 Å². The lowest BCUT2D eigenvalue weighted by Gasteiger charge is -2.40. The summed E-state index contributed by atoms with van der Waals surface area (Å²) in [5.74, 6) is 0.0654. The van der Waals surface area contributed by atoms with E-state index in [1.165, 1.54) is 0 Å². The lowest BCUT2D eigenvalue weighted by Crippen LogP contribution is -2.43. The molecule has 0 amide bonds. The van der Waals surface area contributed by atoms with Gasteiger partial charge in [-0.1, -0.05) is 110 Å². The first-order valence-corrected chi connectivity index (χ1v) is 35.9. The fourth-order valence-electron chi connectivity index (χ4n) is 12.7. The number of benzene rings is 4. The smallest absolute Gasteiger partial charge is 0.179 e. The zero-order valence-electron chi connectivity index (χ0n) is 54.0. The number of aliphatic hydroxyl groups excluding tert-OH is 2. The first-order chi connectivity index (χ1) is 42.0. The molecule has 0 spiro atoms. The van der Waals surface area contributed by atoms with Crippen LogP contribution in [-0.2, 0) is 38.6 Å². The van der Waals surface area contributed by atoms with Crippen LogP contribution in [0.15, 0.2) is 94.7 Å². The summed E-state index contributed by atoms with van der Waals surface area (Å²) in [6, 6.07) is 26.6. The van der Waals surface area contributed by atoms with E-state index in [0.29, 0.717) is 124 Å². The first kappa shape index (κ1) is 71.7. The number of sulfone groups is 2. The van der Waals surface area contributed by atoms with E-state index in [1.807, 2.05) is 111 Å². The van der Waals surface area contributed by atoms with Gasteiger partial charge in [0.15, 0.2) is 19.7 Å². The topological polar surface area (TPSA) is 195 Å². The van der Waals surface area contributed by atoms with Crippen molar-refractivity contribution < 1.29 is 55.5 Å². The Labute approximate surface area is 523 Å². The van der Waals surface area contributed by atoms with Gasteiger partial charge in [0.05, 0.1) is 86.4 Å². The lowest BCUT2D eigenvalue weighted by molar-refractivity contribution is 0.0126. The summed E-state index contributed by atoms with van der Waals surface area (Å²) in [5.41, 5.74) is 3.16. The summed E-state index contributed by atoms with van der Waals surface area (Å²) in [4.78, 5) is 4.55. The minimum atomic E-state index is -3.69. The number of aliphatic hydroxyl groups is 2. The fraction of sp³-hybridized carbons (Fsp3) is 0.652. The number of fused-ring (bicyclic) bond motifs is 2. The van der Waals surface area contributed by atoms with Crippen molar-refractivity contribution in [1.29, 1.82) is 0 Å². The highest BCUT2D eigenvalue weighted by Gasteiger charge is 2.51. The Morgan fingerprint density at radius 2 is 0.805 bits per heavy atom. The number of hydrogen-bond acceptors (Lipinski definition) is 16. The summed E-state index contributed by atoms with van der Waals surface area (Å²) >= 11 is 0. The zero-order valence-corrected chi connectivity index (χ0v) is 55.6. The molecule has 18 heteroatoms. The third-order valence-electron chi connectivity index (χ3n) is 17.5. The second kappa shape index (κ2) is 36.5. The number of anilines is 2. The highest BCUT2D eigenvalue weighted by Crippen LogP contribution is 2.52. The van der Waals surface area contributed by atoms with E-state index in [-0.39, 0.29) is 11.5 Å². The highest BCUT2D eigenvalue weighted by molar-refractivity contribution is 7.91. The lowest BCUT2D eigenvalue weighted by atomic mass is 9.68. The van der Waals surface area contributed by atoms with Crippen molar-refractivity contribution in [2.24, 2.45) is 10.8 Å². The number of nitrogens with one attached hydrogen (secondary N) is 2. The molecule has 488 valence electrons. The van der Waals surface area contributed by atoms with Crippen molar-refractivity contribution in [3.05, 3.63) is 107 Å². The van der Waals surface area contributed by atoms with Gasteiger partial charge in [0.2, 0.25) is 0 Å². The molecule has 0 unspecified atom stereocenters. The predicted molar refractivity (Wildman–Crippen MR) is 351 cm³/mol. The molecule has 4 atom stereocenters. The van der Waals surface area contributed by atoms with E-state index in [2.05, 4.69) is 38.3 Å². The van der Waals surface area contributed by atoms with E-state index in [9.17, 15) is 27.0 Å². The number of ether oxygens (including phenoxy) is 6. The number of hydrogen-bond donors (Lipinski definition) is 4. The third kappa shape index (κ3) is 20.8. The average molecular weight is 1250 g/mol. The molecule has 6 rings (SSSR count). The Morgan fingerprint density at radius 1 is 0.448 bits per heavy atom. The maximum atomic E-state index is 14.2. The van der Waals surface area contributed by atoms with Gasteiger partial charge >= 0.3 is 0 Å². The van der Waals surface area contributed by atoms with Crippen molar-refractivity contribution in [2.75, 3.05) is 142 Å². The van der Waals surface area contributed by atoms with Crippen LogP contribution in [0.5, 0.6) is 11.5 Å². The largest absolute Gasteiger partial charge is 0.491 e. The Kier molecular flexibility index (Phi) is 30.1. The van der Waals surface area contributed by atoms with Gasteiger partial charge in [-0.25, -0.2) is 16.8 Å². The summed E-state index contributed by atoms with van der Waals surface area (Å²) < 4.78 is 92.5. The van der Waals surface area contributed by atoms with Gasteiger partial charge in [0, 0.05) is 75.3 Å². The molecule has 4 N–H and O–H groups in total. The van der Waals surface area contributed by atoms with Crippen LogP contribution in [-0.4, -0.2) is 171 Å². The number of unbranched alkanes of at least 4 members (excludes halogenated alkanes) is 6. The summed E-state index contributed by atoms with van der Waals surface area (Å²) in [6.45, 7) is 16.4. The van der Waals surface area contributed by atoms with Gasteiger partial charge in [-0.2, -0.15) is 0 Å². The van der Waals surface area contributed by atoms with E-state index in [0.717, 1.165) is 119 Å². The van der Waals surface area contributed by atoms with Crippen LogP contribution in [0.3, 0.4) is 0 Å². The normalized spacial score (nSPS) is 19.1. The minimum Gasteiger partial charge on any atom is -0.491 e. The van der Waals surface area contributed by atoms with Crippen LogP contribution in [0.1, 0.15) is 158 Å². The number of nitrogens with zero attached hydrogens (tertiary/aromatic N) is 2. The molecule has 2 heterocycles. The first-order valence-electron chi connectivity index (χ1n) is 32.6. The highest BCUT2D eigenvalue weighted by atomic mass is 32.2. The van der Waals surface area contributed by atoms with Gasteiger partial charge in [-0.15, -0.1) is 0 Å². The van der Waals surface area contributed by atoms with Crippen LogP contribution in [0.2, 0.25) is 0 Å². The molecule has 0 fully saturated rings. The Bertz CT molecular complexity index is 2660. The third-order valence-corrected chi connectivity index (χ3v) is 21.5. The SMILES string of the molecule is CCCCC1(CCCC)CS(=O)(=O)c2ccc(N(C)C)cc2[C@H](c2cccc(OCCOCCOCCNCCCCCNCCOCCOCCOc3cccc([C@H]4c5cc(N(C)C)ccc5S(=O)(=O)CC(CCCC)(CCCC)[C@H]4O)c3)c2)[C@@H]1O. The molecule has 4 aromatic rings. The van der Waals surface area contributed by atoms with Crippen molar-refractivity contribution in [2.45, 2.75) is 158 Å². The summed E-state index contributed by atoms with van der Waals surface area (Å²) in [6.07, 6.45) is 11.1. The molecular weight excluding hydrogens is 1140 g/mol. The summed E-state index contributed by atoms with van der Waals surface area (Å²) in [5, 5.41) is 32.0. The van der Waals surface area contributed by atoms with Crippen LogP contribution in [0.25, 0.3) is 0 Å². The van der Waals surface area contributed by atoms with Crippen molar-refractivity contribution in [3.8, 4) is 11.5 Å². The molecule has 2 aliphatic heterocycles. The second-order valence-corrected chi connectivity index (χ2v) is 28.5. The van der Waals surface area contributed by atoms with Crippen LogP contribution >= 0.6 is 0 Å². The van der Waals surface area contributed by atoms with Crippen LogP contribution in [0.4, 0.5) is 11.4 Å². The van der Waals surface area contributed by atoms with E-state index >= 15 is 0 Å². The van der Waals surface area contributed by atoms with Crippen LogP contribution < -0.4 is 29.9 Å². The molecule has 0 aliphatic carbocycles. The van der Waals surface area contributed by atoms with Gasteiger partial charge < -0.3 is 59.1 Å². The summed E-state index contributed by atoms with van der Waals surface area (Å²) in [7, 11) is 0.380. The standard InChI is InChI=1S/C69H108N4O12S2/c1-9-13-30-68(31-14-10-2)52-86(76,77)62-28-26-56(72(5)6)50-60(62)64(66(68)74)54-22-20-24-58(48-54)84-46-44-82-42-40-80-38-36-70-34-18-17-19-35-71-37-39-81-41-43-83-45-47-85-59-25-21-23-55(49-59)65-61-51-57(73(7)8)27-29-63(61)87(78,79)53-69(67(65)75,32-15-11-3)33-16-12-4/h20-29,48-51,64-67,70-71,74-75H,9-19,30-47,52-53H2,1-8H3/t64-,65-,66-,67-/m0/s1. The Hall–Kier alpha value is -4.34. The van der Waals surface area contributed by atoms with Gasteiger partial charge in [-0.3, -0.25) is 0 Å². The van der Waals surface area contributed by atoms with E-state index < -0.39 is 54.5 Å². The zero-order chi connectivity index (χ0) is 62.7. The van der Waals surface area contributed by atoms with E-state index in [4.69, 9.17) is 28.4 Å². The average Bonchev–Trinajstić information content (AvgIpc) is 1.69. The Balaban J connectivity index is 0.797. The second-order valence-electron chi connectivity index (χ2n) is 24.6. The van der Waals surface area contributed by atoms with Crippen molar-refractivity contribution >= 4 is 31.0 Å². The maximum Gasteiger partial charge on any atom is 0.179 e. The predicted octanol–water partition coefficient (Wildman–Crippen LogP) is 11.0. The molecule has 2 aliphatic rings. The fourth-order valence-corrected chi connectivity index (χ4v) is 17.1. The van der Waals surface area contributed by atoms with Crippen LogP contribution in [0, 0.1) is 10.8 Å². The Morgan fingerprint density at radius 3 is 1.16 bits per heavy atom. The molecule has 0 radical (unpaired) electrons. The van der Waals surface area contributed by atoms with Crippen molar-refractivity contribution in [1.82, 2.24) is 10.6 Å². The molecule has 4 aromatic carbocycles.